The zero-order chi connectivity index (χ0) is 4.41. The molecular weight excluding hydrogens is 116 g/mol. The van der Waals surface area contributed by atoms with Crippen LogP contribution in [0.2, 0.25) is 0 Å². The summed E-state index contributed by atoms with van der Waals surface area (Å²) in [5.41, 5.74) is 2.53. The second-order valence-corrected chi connectivity index (χ2v) is 2.18. The van der Waals surface area contributed by atoms with Gasteiger partial charge in [0.25, 0.3) is 0 Å². The van der Waals surface area contributed by atoms with Crippen LogP contribution in [0.1, 0.15) is 0 Å². The molecule has 0 amide bonds. The minimum atomic E-state index is 0.662. The third kappa shape index (κ3) is 0.693. The molecule has 0 atom stereocenters. The Bertz CT molecular complexity index is 113. The predicted molar refractivity (Wildman–Crippen MR) is 26.0 cm³/mol. The van der Waals surface area contributed by atoms with Crippen molar-refractivity contribution in [3.05, 3.63) is 5.51 Å². The largest absolute Gasteiger partial charge is 0.179 e. The molecule has 1 heterocycles. The molecule has 6 heavy (non-hydrogen) atoms. The van der Waals surface area contributed by atoms with Gasteiger partial charge in [-0.05, 0) is 0 Å². The van der Waals surface area contributed by atoms with Gasteiger partial charge in [0.05, 0.1) is 0 Å². The fourth-order valence-electron chi connectivity index (χ4n) is 0.145. The number of hydrogen-bond donors (Lipinski definition) is 1. The summed E-state index contributed by atoms with van der Waals surface area (Å²) in [5, 5.41) is 6.88. The molecule has 0 aliphatic carbocycles. The van der Waals surface area contributed by atoms with E-state index in [1.54, 1.807) is 0 Å². The summed E-state index contributed by atoms with van der Waals surface area (Å²) in [4.78, 5) is 0. The topological polar surface area (TPSA) is 25.8 Å². The van der Waals surface area contributed by atoms with E-state index in [9.17, 15) is 0 Å². The predicted octanol–water partition coefficient (Wildman–Crippen LogP) is 0.627. The van der Waals surface area contributed by atoms with E-state index in [4.69, 9.17) is 0 Å². The van der Waals surface area contributed by atoms with E-state index in [0.29, 0.717) is 4.34 Å². The van der Waals surface area contributed by atoms with E-state index in [-0.39, 0.29) is 0 Å². The fourth-order valence-corrected chi connectivity index (χ4v) is 0.557. The fraction of sp³-hybridized carbons (Fsp3) is 0. The highest BCUT2D eigenvalue weighted by atomic mass is 32.2. The molecule has 1 aromatic rings. The van der Waals surface area contributed by atoms with Crippen LogP contribution in [0, 0.1) is 5.51 Å². The van der Waals surface area contributed by atoms with Crippen LogP contribution in [-0.2, 0) is 0 Å². The molecule has 1 radical (unpaired) electrons. The maximum atomic E-state index is 3.85. The minimum Gasteiger partial charge on any atom is -0.135 e. The van der Waals surface area contributed by atoms with Crippen molar-refractivity contribution in [1.29, 1.82) is 0 Å². The molecule has 1 aromatic heterocycles. The van der Waals surface area contributed by atoms with E-state index in [1.807, 2.05) is 0 Å². The quantitative estimate of drug-likeness (QED) is 0.504. The minimum absolute atomic E-state index is 0.662. The van der Waals surface area contributed by atoms with Crippen molar-refractivity contribution >= 4 is 24.0 Å². The Morgan fingerprint density at radius 2 is 2.67 bits per heavy atom. The highest BCUT2D eigenvalue weighted by Crippen LogP contribution is 2.02. The number of hydrogen-bond acceptors (Lipinski definition) is 4. The Hall–Kier alpha value is -0.0900. The second kappa shape index (κ2) is 1.57. The van der Waals surface area contributed by atoms with Gasteiger partial charge in [-0.15, -0.1) is 22.8 Å². The summed E-state index contributed by atoms with van der Waals surface area (Å²) >= 11 is 5.14. The van der Waals surface area contributed by atoms with Gasteiger partial charge in [-0.25, -0.2) is 0 Å². The molecule has 0 saturated carbocycles. The van der Waals surface area contributed by atoms with Gasteiger partial charge in [0.1, 0.15) is 0 Å². The number of nitrogens with zero attached hydrogens (tertiary/aromatic N) is 2. The Labute approximate surface area is 44.6 Å². The monoisotopic (exact) mass is 117 g/mol. The van der Waals surface area contributed by atoms with Crippen LogP contribution < -0.4 is 0 Å². The molecule has 0 aliphatic rings. The molecule has 31 valence electrons. The first-order valence-corrected chi connectivity index (χ1v) is 2.54. The smallest absolute Gasteiger partial charge is 0.135 e. The lowest BCUT2D eigenvalue weighted by Crippen LogP contribution is -1.60. The average Bonchev–Trinajstić information content (AvgIpc) is 1.86. The molecule has 0 fully saturated rings. The van der Waals surface area contributed by atoms with Crippen LogP contribution in [0.3, 0.4) is 0 Å². The third-order valence-corrected chi connectivity index (χ3v) is 1.11. The van der Waals surface area contributed by atoms with E-state index in [0.717, 1.165) is 0 Å². The zero-order valence-electron chi connectivity index (χ0n) is 2.75. The van der Waals surface area contributed by atoms with Crippen molar-refractivity contribution in [1.82, 2.24) is 10.2 Å². The molecule has 2 nitrogen and oxygen atoms in total. The third-order valence-electron chi connectivity index (χ3n) is 0.313. The Kier molecular flexibility index (Phi) is 1.07. The highest BCUT2D eigenvalue weighted by molar-refractivity contribution is 7.82. The van der Waals surface area contributed by atoms with Crippen molar-refractivity contribution in [2.24, 2.45) is 0 Å². The molecule has 0 N–H and O–H groups in total. The molecular formula is C2HN2S2. The number of thiol groups is 1. The van der Waals surface area contributed by atoms with Gasteiger partial charge in [-0.1, -0.05) is 11.3 Å². The summed E-state index contributed by atoms with van der Waals surface area (Å²) in [7, 11) is 0. The summed E-state index contributed by atoms with van der Waals surface area (Å²) < 4.78 is 0.662. The van der Waals surface area contributed by atoms with Gasteiger partial charge >= 0.3 is 0 Å². The Morgan fingerprint density at radius 1 is 1.83 bits per heavy atom. The number of aromatic nitrogens is 2. The molecule has 0 aliphatic heterocycles. The van der Waals surface area contributed by atoms with E-state index in [2.05, 4.69) is 28.3 Å². The van der Waals surface area contributed by atoms with E-state index in [1.165, 1.54) is 11.3 Å². The molecule has 0 bridgehead atoms. The lowest BCUT2D eigenvalue weighted by atomic mass is 11.6. The molecule has 0 aromatic carbocycles. The maximum absolute atomic E-state index is 3.85. The van der Waals surface area contributed by atoms with Crippen molar-refractivity contribution in [2.75, 3.05) is 0 Å². The van der Waals surface area contributed by atoms with Crippen molar-refractivity contribution in [2.45, 2.75) is 4.34 Å². The van der Waals surface area contributed by atoms with E-state index < -0.39 is 0 Å². The first kappa shape index (κ1) is 4.08. The van der Waals surface area contributed by atoms with Crippen molar-refractivity contribution < 1.29 is 0 Å². The van der Waals surface area contributed by atoms with Crippen molar-refractivity contribution in [3.63, 3.8) is 0 Å². The van der Waals surface area contributed by atoms with Gasteiger partial charge in [0.2, 0.25) is 0 Å². The van der Waals surface area contributed by atoms with Crippen LogP contribution in [0.15, 0.2) is 4.34 Å². The van der Waals surface area contributed by atoms with Gasteiger partial charge in [-0.2, -0.15) is 0 Å². The van der Waals surface area contributed by atoms with Gasteiger partial charge < -0.3 is 0 Å². The van der Waals surface area contributed by atoms with Gasteiger partial charge in [0, 0.05) is 0 Å². The first-order valence-electron chi connectivity index (χ1n) is 1.28. The van der Waals surface area contributed by atoms with Crippen molar-refractivity contribution in [3.8, 4) is 0 Å². The van der Waals surface area contributed by atoms with Crippen LogP contribution in [0.5, 0.6) is 0 Å². The van der Waals surface area contributed by atoms with Gasteiger partial charge in [0.15, 0.2) is 9.85 Å². The lowest BCUT2D eigenvalue weighted by Gasteiger charge is -1.60. The summed E-state index contributed by atoms with van der Waals surface area (Å²) in [6, 6.07) is 0. The first-order chi connectivity index (χ1) is 2.89. The molecule has 0 saturated heterocycles. The standard InChI is InChI=1S/C2HN2S2/c5-2-4-3-1-6-2/h(H,4,5). The molecule has 0 spiro atoms. The normalized spacial score (nSPS) is 8.83. The number of rotatable bonds is 0. The van der Waals surface area contributed by atoms with Crippen LogP contribution in [0.25, 0.3) is 0 Å². The highest BCUT2D eigenvalue weighted by Gasteiger charge is 1.80. The zero-order valence-corrected chi connectivity index (χ0v) is 4.46. The van der Waals surface area contributed by atoms with E-state index >= 15 is 0 Å². The Balaban J connectivity index is 3.05. The van der Waals surface area contributed by atoms with Crippen LogP contribution in [-0.4, -0.2) is 10.2 Å². The summed E-state index contributed by atoms with van der Waals surface area (Å²) in [6.45, 7) is 0. The average molecular weight is 117 g/mol. The SMILES string of the molecule is Sc1nn[c]s1. The summed E-state index contributed by atoms with van der Waals surface area (Å²) in [5.74, 6) is 0. The molecule has 1 rings (SSSR count). The Morgan fingerprint density at radius 3 is 2.83 bits per heavy atom. The van der Waals surface area contributed by atoms with Crippen LogP contribution in [0.4, 0.5) is 0 Å². The second-order valence-electron chi connectivity index (χ2n) is 0.676. The molecule has 4 heteroatoms. The van der Waals surface area contributed by atoms with Crippen LogP contribution >= 0.6 is 24.0 Å². The summed E-state index contributed by atoms with van der Waals surface area (Å²) in [6.07, 6.45) is 0. The van der Waals surface area contributed by atoms with Gasteiger partial charge in [-0.3, -0.25) is 0 Å². The maximum Gasteiger partial charge on any atom is 0.179 e. The lowest BCUT2D eigenvalue weighted by molar-refractivity contribution is 1.01. The molecule has 0 unspecified atom stereocenters.